The van der Waals surface area contributed by atoms with Gasteiger partial charge in [0.25, 0.3) is 15.9 Å². The minimum Gasteiger partial charge on any atom is -0.438 e. The van der Waals surface area contributed by atoms with Crippen LogP contribution in [0.2, 0.25) is 0 Å². The van der Waals surface area contributed by atoms with Crippen LogP contribution in [0.1, 0.15) is 50.6 Å². The SMILES string of the molecule is CC(C)(C)NS(=O)(=O)c1ccc(C(=O)N2CCN3CCCCC3C2)o1. The van der Waals surface area contributed by atoms with Gasteiger partial charge < -0.3 is 9.32 Å². The average Bonchev–Trinajstić information content (AvgIpc) is 3.02. The molecule has 140 valence electrons. The fourth-order valence-corrected chi connectivity index (χ4v) is 4.88. The third-order valence-corrected chi connectivity index (χ3v) is 6.25. The highest BCUT2D eigenvalue weighted by Gasteiger charge is 2.33. The van der Waals surface area contributed by atoms with E-state index in [-0.39, 0.29) is 16.8 Å². The normalized spacial score (nSPS) is 22.7. The summed E-state index contributed by atoms with van der Waals surface area (Å²) >= 11 is 0. The topological polar surface area (TPSA) is 82.9 Å². The zero-order chi connectivity index (χ0) is 18.2. The van der Waals surface area contributed by atoms with Crippen LogP contribution in [0.4, 0.5) is 0 Å². The van der Waals surface area contributed by atoms with E-state index in [2.05, 4.69) is 9.62 Å². The summed E-state index contributed by atoms with van der Waals surface area (Å²) in [6.45, 7) is 8.57. The number of hydrogen-bond acceptors (Lipinski definition) is 5. The summed E-state index contributed by atoms with van der Waals surface area (Å²) in [7, 11) is -3.78. The number of carbonyl (C=O) groups excluding carboxylic acids is 1. The fraction of sp³-hybridized carbons (Fsp3) is 0.706. The van der Waals surface area contributed by atoms with E-state index in [0.29, 0.717) is 19.1 Å². The first-order chi connectivity index (χ1) is 11.7. The average molecular weight is 369 g/mol. The lowest BCUT2D eigenvalue weighted by Gasteiger charge is -2.43. The number of hydrogen-bond donors (Lipinski definition) is 1. The Balaban J connectivity index is 1.71. The summed E-state index contributed by atoms with van der Waals surface area (Å²) < 4.78 is 32.5. The van der Waals surface area contributed by atoms with Crippen molar-refractivity contribution in [3.63, 3.8) is 0 Å². The molecular weight excluding hydrogens is 342 g/mol. The van der Waals surface area contributed by atoms with Gasteiger partial charge in [-0.05, 0) is 52.3 Å². The van der Waals surface area contributed by atoms with Crippen LogP contribution in [-0.2, 0) is 10.0 Å². The molecule has 3 heterocycles. The lowest BCUT2D eigenvalue weighted by atomic mass is 9.99. The van der Waals surface area contributed by atoms with E-state index < -0.39 is 15.6 Å². The second-order valence-corrected chi connectivity index (χ2v) is 9.52. The molecular formula is C17H27N3O4S. The van der Waals surface area contributed by atoms with Crippen molar-refractivity contribution in [2.24, 2.45) is 0 Å². The van der Waals surface area contributed by atoms with Gasteiger partial charge in [-0.15, -0.1) is 0 Å². The molecule has 0 spiro atoms. The maximum absolute atomic E-state index is 12.7. The van der Waals surface area contributed by atoms with Gasteiger partial charge >= 0.3 is 0 Å². The number of nitrogens with zero attached hydrogens (tertiary/aromatic N) is 2. The largest absolute Gasteiger partial charge is 0.438 e. The summed E-state index contributed by atoms with van der Waals surface area (Å²) in [5.41, 5.74) is -0.618. The molecule has 3 rings (SSSR count). The van der Waals surface area contributed by atoms with E-state index in [1.54, 1.807) is 25.7 Å². The van der Waals surface area contributed by atoms with Crippen LogP contribution in [-0.4, -0.2) is 61.9 Å². The van der Waals surface area contributed by atoms with Crippen LogP contribution >= 0.6 is 0 Å². The first-order valence-electron chi connectivity index (χ1n) is 8.83. The highest BCUT2D eigenvalue weighted by Crippen LogP contribution is 2.23. The fourth-order valence-electron chi connectivity index (χ4n) is 3.53. The number of piperazine rings is 1. The number of nitrogens with one attached hydrogen (secondary N) is 1. The van der Waals surface area contributed by atoms with E-state index in [9.17, 15) is 13.2 Å². The number of sulfonamides is 1. The molecule has 1 amide bonds. The molecule has 2 saturated heterocycles. The molecule has 2 aliphatic rings. The Hall–Kier alpha value is -1.38. The first kappa shape index (κ1) is 18.4. The van der Waals surface area contributed by atoms with E-state index >= 15 is 0 Å². The predicted octanol–water partition coefficient (Wildman–Crippen LogP) is 1.67. The van der Waals surface area contributed by atoms with Gasteiger partial charge in [0.1, 0.15) is 0 Å². The summed E-state index contributed by atoms with van der Waals surface area (Å²) in [5, 5.41) is -0.220. The standard InChI is InChI=1S/C17H27N3O4S/c1-17(2,3)18-25(22,23)15-8-7-14(24-15)16(21)20-11-10-19-9-5-4-6-13(19)12-20/h7-8,13,18H,4-6,9-12H2,1-3H3. The van der Waals surface area contributed by atoms with Crippen LogP contribution in [0.25, 0.3) is 0 Å². The Labute approximate surface area is 149 Å². The Kier molecular flexibility index (Phi) is 4.96. The molecule has 0 aliphatic carbocycles. The van der Waals surface area contributed by atoms with Gasteiger partial charge in [0.15, 0.2) is 5.76 Å². The molecule has 2 aliphatic heterocycles. The highest BCUT2D eigenvalue weighted by molar-refractivity contribution is 7.89. The van der Waals surface area contributed by atoms with Crippen molar-refractivity contribution in [1.82, 2.24) is 14.5 Å². The van der Waals surface area contributed by atoms with Crippen LogP contribution in [0.15, 0.2) is 21.6 Å². The highest BCUT2D eigenvalue weighted by atomic mass is 32.2. The van der Waals surface area contributed by atoms with E-state index in [0.717, 1.165) is 19.5 Å². The number of amides is 1. The summed E-state index contributed by atoms with van der Waals surface area (Å²) in [6, 6.07) is 3.21. The van der Waals surface area contributed by atoms with Crippen molar-refractivity contribution in [3.05, 3.63) is 17.9 Å². The molecule has 0 aromatic carbocycles. The Morgan fingerprint density at radius 1 is 1.20 bits per heavy atom. The predicted molar refractivity (Wildman–Crippen MR) is 93.9 cm³/mol. The van der Waals surface area contributed by atoms with Gasteiger partial charge in [-0.25, -0.2) is 13.1 Å². The van der Waals surface area contributed by atoms with Crippen LogP contribution in [0.5, 0.6) is 0 Å². The van der Waals surface area contributed by atoms with Gasteiger partial charge in [0.2, 0.25) is 5.09 Å². The molecule has 2 fully saturated rings. The lowest BCUT2D eigenvalue weighted by molar-refractivity contribution is 0.0347. The molecule has 1 N–H and O–H groups in total. The van der Waals surface area contributed by atoms with E-state index in [1.807, 2.05) is 0 Å². The van der Waals surface area contributed by atoms with Gasteiger partial charge in [-0.2, -0.15) is 0 Å². The molecule has 1 aromatic rings. The molecule has 1 aromatic heterocycles. The lowest BCUT2D eigenvalue weighted by Crippen LogP contribution is -2.56. The number of piperidine rings is 1. The maximum Gasteiger partial charge on any atom is 0.289 e. The number of furan rings is 1. The van der Waals surface area contributed by atoms with E-state index in [1.165, 1.54) is 25.0 Å². The minimum absolute atomic E-state index is 0.0820. The molecule has 25 heavy (non-hydrogen) atoms. The van der Waals surface area contributed by atoms with Crippen molar-refractivity contribution in [2.75, 3.05) is 26.2 Å². The maximum atomic E-state index is 12.7. The molecule has 0 saturated carbocycles. The third-order valence-electron chi connectivity index (χ3n) is 4.62. The zero-order valence-corrected chi connectivity index (χ0v) is 15.9. The summed E-state index contributed by atoms with van der Waals surface area (Å²) in [5.74, 6) is -0.152. The second-order valence-electron chi connectivity index (χ2n) is 7.91. The summed E-state index contributed by atoms with van der Waals surface area (Å²) in [6.07, 6.45) is 3.53. The van der Waals surface area contributed by atoms with Crippen LogP contribution < -0.4 is 4.72 Å². The molecule has 7 nitrogen and oxygen atoms in total. The minimum atomic E-state index is -3.78. The van der Waals surface area contributed by atoms with Crippen molar-refractivity contribution < 1.29 is 17.6 Å². The number of rotatable bonds is 3. The third kappa shape index (κ3) is 4.24. The van der Waals surface area contributed by atoms with Gasteiger partial charge in [-0.1, -0.05) is 6.42 Å². The van der Waals surface area contributed by atoms with Crippen molar-refractivity contribution in [2.45, 2.75) is 56.7 Å². The monoisotopic (exact) mass is 369 g/mol. The Morgan fingerprint density at radius 3 is 2.68 bits per heavy atom. The van der Waals surface area contributed by atoms with Crippen LogP contribution in [0, 0.1) is 0 Å². The first-order valence-corrected chi connectivity index (χ1v) is 10.3. The van der Waals surface area contributed by atoms with Crippen molar-refractivity contribution in [3.8, 4) is 0 Å². The van der Waals surface area contributed by atoms with Gasteiger partial charge in [-0.3, -0.25) is 9.69 Å². The Bertz CT molecular complexity index is 735. The molecule has 1 unspecified atom stereocenters. The molecule has 0 bridgehead atoms. The number of fused-ring (bicyclic) bond motifs is 1. The Morgan fingerprint density at radius 2 is 1.96 bits per heavy atom. The quantitative estimate of drug-likeness (QED) is 0.876. The zero-order valence-electron chi connectivity index (χ0n) is 15.1. The van der Waals surface area contributed by atoms with Crippen molar-refractivity contribution >= 4 is 15.9 Å². The number of carbonyl (C=O) groups is 1. The van der Waals surface area contributed by atoms with Gasteiger partial charge in [0.05, 0.1) is 0 Å². The van der Waals surface area contributed by atoms with Crippen molar-refractivity contribution in [1.29, 1.82) is 0 Å². The van der Waals surface area contributed by atoms with E-state index in [4.69, 9.17) is 4.42 Å². The second kappa shape index (κ2) is 6.74. The van der Waals surface area contributed by atoms with Crippen LogP contribution in [0.3, 0.4) is 0 Å². The van der Waals surface area contributed by atoms with Gasteiger partial charge in [0, 0.05) is 31.2 Å². The summed E-state index contributed by atoms with van der Waals surface area (Å²) in [4.78, 5) is 16.9. The molecule has 8 heteroatoms. The molecule has 0 radical (unpaired) electrons. The smallest absolute Gasteiger partial charge is 0.289 e. The molecule has 1 atom stereocenters.